The second-order valence-electron chi connectivity index (χ2n) is 6.55. The molecule has 0 aliphatic rings. The maximum Gasteiger partial charge on any atom is 0.407 e. The summed E-state index contributed by atoms with van der Waals surface area (Å²) in [5, 5.41) is 5.42. The van der Waals surface area contributed by atoms with Crippen molar-refractivity contribution in [1.29, 1.82) is 0 Å². The molecule has 0 bridgehead atoms. The molecule has 2 rings (SSSR count). The molecule has 0 atom stereocenters. The van der Waals surface area contributed by atoms with Crippen LogP contribution in [0.2, 0.25) is 0 Å². The van der Waals surface area contributed by atoms with Crippen LogP contribution in [-0.2, 0) is 16.1 Å². The summed E-state index contributed by atoms with van der Waals surface area (Å²) in [7, 11) is 0. The summed E-state index contributed by atoms with van der Waals surface area (Å²) in [5.41, 5.74) is 1.35. The van der Waals surface area contributed by atoms with Crippen LogP contribution < -0.4 is 10.6 Å². The molecule has 0 fully saturated rings. The molecule has 0 saturated carbocycles. The van der Waals surface area contributed by atoms with Gasteiger partial charge in [-0.2, -0.15) is 0 Å². The molecule has 25 heavy (non-hydrogen) atoms. The molecule has 0 aliphatic heterocycles. The Hall–Kier alpha value is -2.83. The van der Waals surface area contributed by atoms with Gasteiger partial charge in [-0.25, -0.2) is 9.78 Å². The van der Waals surface area contributed by atoms with E-state index in [1.54, 1.807) is 33.2 Å². The van der Waals surface area contributed by atoms with Crippen LogP contribution in [0.25, 0.3) is 11.4 Å². The number of benzene rings is 1. The van der Waals surface area contributed by atoms with Gasteiger partial charge >= 0.3 is 6.09 Å². The zero-order valence-corrected chi connectivity index (χ0v) is 14.8. The molecule has 0 radical (unpaired) electrons. The maximum atomic E-state index is 12.0. The second kappa shape index (κ2) is 8.32. The number of imidazole rings is 1. The predicted molar refractivity (Wildman–Crippen MR) is 94.7 cm³/mol. The van der Waals surface area contributed by atoms with Gasteiger partial charge in [0.25, 0.3) is 0 Å². The lowest BCUT2D eigenvalue weighted by atomic mass is 10.1. The highest BCUT2D eigenvalue weighted by molar-refractivity contribution is 5.77. The monoisotopic (exact) mass is 344 g/mol. The number of aromatic amines is 1. The zero-order chi connectivity index (χ0) is 18.3. The van der Waals surface area contributed by atoms with Gasteiger partial charge in [0.1, 0.15) is 11.4 Å². The third kappa shape index (κ3) is 6.29. The van der Waals surface area contributed by atoms with Crippen molar-refractivity contribution in [2.24, 2.45) is 0 Å². The Morgan fingerprint density at radius 3 is 2.64 bits per heavy atom. The van der Waals surface area contributed by atoms with Crippen LogP contribution in [0.15, 0.2) is 36.7 Å². The molecule has 7 nitrogen and oxygen atoms in total. The van der Waals surface area contributed by atoms with Gasteiger partial charge in [0.2, 0.25) is 5.91 Å². The van der Waals surface area contributed by atoms with Crippen LogP contribution in [0.4, 0.5) is 4.79 Å². The summed E-state index contributed by atoms with van der Waals surface area (Å²) in [5.74, 6) is 0.613. The first-order valence-electron chi connectivity index (χ1n) is 8.16. The van der Waals surface area contributed by atoms with Crippen molar-refractivity contribution >= 4 is 12.0 Å². The Bertz CT molecular complexity index is 705. The molecule has 0 unspecified atom stereocenters. The highest BCUT2D eigenvalue weighted by atomic mass is 16.6. The lowest BCUT2D eigenvalue weighted by Gasteiger charge is -2.19. The number of nitrogens with one attached hydrogen (secondary N) is 3. The van der Waals surface area contributed by atoms with E-state index in [1.165, 1.54) is 0 Å². The van der Waals surface area contributed by atoms with E-state index in [0.717, 1.165) is 17.0 Å². The van der Waals surface area contributed by atoms with Crippen molar-refractivity contribution in [3.63, 3.8) is 0 Å². The van der Waals surface area contributed by atoms with Gasteiger partial charge < -0.3 is 20.4 Å². The number of amides is 2. The van der Waals surface area contributed by atoms with Crippen molar-refractivity contribution in [3.8, 4) is 11.4 Å². The van der Waals surface area contributed by atoms with Gasteiger partial charge in [-0.3, -0.25) is 4.79 Å². The SMILES string of the molecule is CC(C)(C)OC(=O)NCCC(=O)NCc1ccccc1-c1ncc[nH]1. The zero-order valence-electron chi connectivity index (χ0n) is 14.8. The van der Waals surface area contributed by atoms with E-state index in [9.17, 15) is 9.59 Å². The average molecular weight is 344 g/mol. The van der Waals surface area contributed by atoms with E-state index < -0.39 is 11.7 Å². The molecule has 7 heteroatoms. The topological polar surface area (TPSA) is 96.1 Å². The van der Waals surface area contributed by atoms with Crippen LogP contribution in [0.3, 0.4) is 0 Å². The molecule has 0 spiro atoms. The molecule has 2 aromatic rings. The van der Waals surface area contributed by atoms with E-state index >= 15 is 0 Å². The number of ether oxygens (including phenoxy) is 1. The van der Waals surface area contributed by atoms with E-state index in [2.05, 4.69) is 20.6 Å². The number of carbonyl (C=O) groups excluding carboxylic acids is 2. The summed E-state index contributed by atoms with van der Waals surface area (Å²) in [6.45, 7) is 5.98. The predicted octanol–water partition coefficient (Wildman–Crippen LogP) is 2.61. The largest absolute Gasteiger partial charge is 0.444 e. The van der Waals surface area contributed by atoms with Crippen molar-refractivity contribution in [1.82, 2.24) is 20.6 Å². The standard InChI is InChI=1S/C18H24N4O3/c1-18(2,3)25-17(24)21-9-8-15(23)22-12-13-6-4-5-7-14(13)16-19-10-11-20-16/h4-7,10-11H,8-9,12H2,1-3H3,(H,19,20)(H,21,24)(H,22,23). The number of nitrogens with zero attached hydrogens (tertiary/aromatic N) is 1. The van der Waals surface area contributed by atoms with E-state index in [-0.39, 0.29) is 18.9 Å². The third-order valence-electron chi connectivity index (χ3n) is 3.27. The fourth-order valence-corrected chi connectivity index (χ4v) is 2.19. The highest BCUT2D eigenvalue weighted by Gasteiger charge is 2.16. The van der Waals surface area contributed by atoms with E-state index in [4.69, 9.17) is 4.74 Å². The normalized spacial score (nSPS) is 11.0. The summed E-state index contributed by atoms with van der Waals surface area (Å²) in [6.07, 6.45) is 3.10. The molecule has 3 N–H and O–H groups in total. The Kier molecular flexibility index (Phi) is 6.16. The minimum Gasteiger partial charge on any atom is -0.444 e. The van der Waals surface area contributed by atoms with Crippen LogP contribution in [0.5, 0.6) is 0 Å². The first-order valence-corrected chi connectivity index (χ1v) is 8.16. The summed E-state index contributed by atoms with van der Waals surface area (Å²) in [4.78, 5) is 30.8. The highest BCUT2D eigenvalue weighted by Crippen LogP contribution is 2.19. The molecule has 1 aromatic heterocycles. The lowest BCUT2D eigenvalue weighted by molar-refractivity contribution is -0.121. The van der Waals surface area contributed by atoms with E-state index in [1.807, 2.05) is 24.3 Å². The molecule has 0 saturated heterocycles. The summed E-state index contributed by atoms with van der Waals surface area (Å²) in [6, 6.07) is 7.73. The third-order valence-corrected chi connectivity index (χ3v) is 3.27. The number of carbonyl (C=O) groups is 2. The molecular weight excluding hydrogens is 320 g/mol. The number of hydrogen-bond acceptors (Lipinski definition) is 4. The van der Waals surface area contributed by atoms with Gasteiger partial charge in [0.05, 0.1) is 0 Å². The Morgan fingerprint density at radius 2 is 1.96 bits per heavy atom. The summed E-state index contributed by atoms with van der Waals surface area (Å²) >= 11 is 0. The van der Waals surface area contributed by atoms with E-state index in [0.29, 0.717) is 6.54 Å². The van der Waals surface area contributed by atoms with Gasteiger partial charge in [0, 0.05) is 37.5 Å². The number of H-pyrrole nitrogens is 1. The van der Waals surface area contributed by atoms with Crippen molar-refractivity contribution in [3.05, 3.63) is 42.2 Å². The molecular formula is C18H24N4O3. The van der Waals surface area contributed by atoms with Crippen molar-refractivity contribution < 1.29 is 14.3 Å². The summed E-state index contributed by atoms with van der Waals surface area (Å²) < 4.78 is 5.11. The van der Waals surface area contributed by atoms with Crippen LogP contribution >= 0.6 is 0 Å². The van der Waals surface area contributed by atoms with Crippen LogP contribution in [-0.4, -0.2) is 34.1 Å². The number of alkyl carbamates (subject to hydrolysis) is 1. The number of rotatable bonds is 6. The van der Waals surface area contributed by atoms with Gasteiger partial charge in [-0.1, -0.05) is 24.3 Å². The maximum absolute atomic E-state index is 12.0. The fourth-order valence-electron chi connectivity index (χ4n) is 2.19. The Morgan fingerprint density at radius 1 is 1.20 bits per heavy atom. The Balaban J connectivity index is 1.79. The van der Waals surface area contributed by atoms with Gasteiger partial charge in [-0.05, 0) is 26.3 Å². The quantitative estimate of drug-likeness (QED) is 0.750. The van der Waals surface area contributed by atoms with Crippen LogP contribution in [0.1, 0.15) is 32.8 Å². The van der Waals surface area contributed by atoms with Crippen LogP contribution in [0, 0.1) is 0 Å². The Labute approximate surface area is 147 Å². The number of hydrogen-bond donors (Lipinski definition) is 3. The smallest absolute Gasteiger partial charge is 0.407 e. The van der Waals surface area contributed by atoms with Gasteiger partial charge in [0.15, 0.2) is 0 Å². The average Bonchev–Trinajstić information content (AvgIpc) is 3.05. The molecule has 2 amide bonds. The van der Waals surface area contributed by atoms with Gasteiger partial charge in [-0.15, -0.1) is 0 Å². The lowest BCUT2D eigenvalue weighted by Crippen LogP contribution is -2.35. The molecule has 1 aromatic carbocycles. The fraction of sp³-hybridized carbons (Fsp3) is 0.389. The molecule has 0 aliphatic carbocycles. The first kappa shape index (κ1) is 18.5. The minimum atomic E-state index is -0.554. The number of aromatic nitrogens is 2. The molecule has 1 heterocycles. The van der Waals surface area contributed by atoms with Crippen molar-refractivity contribution in [2.75, 3.05) is 6.54 Å². The first-order chi connectivity index (χ1) is 11.8. The van der Waals surface area contributed by atoms with Crippen molar-refractivity contribution in [2.45, 2.75) is 39.3 Å². The second-order valence-corrected chi connectivity index (χ2v) is 6.55. The molecule has 134 valence electrons. The minimum absolute atomic E-state index is 0.148.